The Bertz CT molecular complexity index is 660. The van der Waals surface area contributed by atoms with Crippen molar-refractivity contribution in [1.29, 1.82) is 0 Å². The number of aromatic nitrogens is 1. The largest absolute Gasteiger partial charge is 0.497 e. The van der Waals surface area contributed by atoms with E-state index in [0.717, 1.165) is 30.3 Å². The van der Waals surface area contributed by atoms with Gasteiger partial charge >= 0.3 is 0 Å². The summed E-state index contributed by atoms with van der Waals surface area (Å²) < 4.78 is 5.18. The number of carbonyl (C=O) groups excluding carboxylic acids is 1. The third-order valence-corrected chi connectivity index (χ3v) is 4.88. The Morgan fingerprint density at radius 1 is 1.43 bits per heavy atom. The smallest absolute Gasteiger partial charge is 0.273 e. The summed E-state index contributed by atoms with van der Waals surface area (Å²) in [4.78, 5) is 18.6. The highest BCUT2D eigenvalue weighted by atomic mass is 35.5. The van der Waals surface area contributed by atoms with Crippen LogP contribution in [-0.4, -0.2) is 36.0 Å². The van der Waals surface area contributed by atoms with E-state index in [4.69, 9.17) is 10.5 Å². The third-order valence-electron chi connectivity index (χ3n) is 4.01. The molecule has 124 valence electrons. The van der Waals surface area contributed by atoms with Gasteiger partial charge in [-0.25, -0.2) is 4.98 Å². The molecule has 0 radical (unpaired) electrons. The van der Waals surface area contributed by atoms with Gasteiger partial charge in [0.1, 0.15) is 16.5 Å². The first-order valence-corrected chi connectivity index (χ1v) is 8.17. The third kappa shape index (κ3) is 3.83. The number of methoxy groups -OCH3 is 1. The highest BCUT2D eigenvalue weighted by molar-refractivity contribution is 7.09. The Morgan fingerprint density at radius 3 is 2.78 bits per heavy atom. The van der Waals surface area contributed by atoms with Crippen LogP contribution in [0.1, 0.15) is 33.4 Å². The Kier molecular flexibility index (Phi) is 5.98. The Labute approximate surface area is 145 Å². The number of ether oxygens (including phenoxy) is 1. The van der Waals surface area contributed by atoms with Gasteiger partial charge in [-0.3, -0.25) is 4.79 Å². The van der Waals surface area contributed by atoms with Crippen LogP contribution in [0.5, 0.6) is 5.75 Å². The van der Waals surface area contributed by atoms with Gasteiger partial charge in [0, 0.05) is 30.9 Å². The number of thiazole rings is 1. The molecule has 3 rings (SSSR count). The molecule has 7 heteroatoms. The number of carbonyl (C=O) groups is 1. The fraction of sp³-hybridized carbons (Fsp3) is 0.375. The van der Waals surface area contributed by atoms with Gasteiger partial charge in [-0.15, -0.1) is 23.7 Å². The SMILES string of the molecule is COc1ccc(C2CCN(C(=O)c3csc(CN)n3)C2)cc1.Cl. The monoisotopic (exact) mass is 353 g/mol. The molecule has 1 aliphatic rings. The predicted molar refractivity (Wildman–Crippen MR) is 93.5 cm³/mol. The van der Waals surface area contributed by atoms with Crippen molar-refractivity contribution in [3.8, 4) is 5.75 Å². The van der Waals surface area contributed by atoms with E-state index < -0.39 is 0 Å². The summed E-state index contributed by atoms with van der Waals surface area (Å²) in [6.45, 7) is 1.89. The van der Waals surface area contributed by atoms with Crippen LogP contribution in [0.3, 0.4) is 0 Å². The topological polar surface area (TPSA) is 68.5 Å². The highest BCUT2D eigenvalue weighted by Gasteiger charge is 2.29. The van der Waals surface area contributed by atoms with Gasteiger partial charge in [0.15, 0.2) is 0 Å². The molecule has 23 heavy (non-hydrogen) atoms. The Balaban J connectivity index is 0.00000192. The van der Waals surface area contributed by atoms with E-state index in [-0.39, 0.29) is 18.3 Å². The Hall–Kier alpha value is -1.63. The van der Waals surface area contributed by atoms with Crippen molar-refractivity contribution in [3.63, 3.8) is 0 Å². The van der Waals surface area contributed by atoms with Gasteiger partial charge < -0.3 is 15.4 Å². The molecule has 2 aromatic rings. The molecule has 0 spiro atoms. The molecule has 1 unspecified atom stereocenters. The molecule has 1 atom stereocenters. The van der Waals surface area contributed by atoms with Crippen LogP contribution in [0.25, 0.3) is 0 Å². The van der Waals surface area contributed by atoms with Crippen LogP contribution in [-0.2, 0) is 6.54 Å². The van der Waals surface area contributed by atoms with Crippen LogP contribution in [0, 0.1) is 0 Å². The van der Waals surface area contributed by atoms with E-state index >= 15 is 0 Å². The van der Waals surface area contributed by atoms with Crippen LogP contribution in [0.2, 0.25) is 0 Å². The van der Waals surface area contributed by atoms with Crippen molar-refractivity contribution in [2.75, 3.05) is 20.2 Å². The molecular weight excluding hydrogens is 334 g/mol. The number of nitrogens with two attached hydrogens (primary N) is 1. The number of amides is 1. The van der Waals surface area contributed by atoms with E-state index in [2.05, 4.69) is 17.1 Å². The quantitative estimate of drug-likeness (QED) is 0.917. The fourth-order valence-corrected chi connectivity index (χ4v) is 3.41. The van der Waals surface area contributed by atoms with E-state index in [1.807, 2.05) is 17.0 Å². The normalized spacial score (nSPS) is 17.0. The number of rotatable bonds is 4. The number of halogens is 1. The van der Waals surface area contributed by atoms with Gasteiger partial charge in [-0.05, 0) is 24.1 Å². The number of likely N-dealkylation sites (tertiary alicyclic amines) is 1. The van der Waals surface area contributed by atoms with E-state index in [9.17, 15) is 4.79 Å². The zero-order valence-corrected chi connectivity index (χ0v) is 14.5. The first-order chi connectivity index (χ1) is 10.7. The van der Waals surface area contributed by atoms with Crippen molar-refractivity contribution in [2.24, 2.45) is 5.73 Å². The molecule has 5 nitrogen and oxygen atoms in total. The zero-order chi connectivity index (χ0) is 15.5. The average Bonchev–Trinajstić information content (AvgIpc) is 3.23. The lowest BCUT2D eigenvalue weighted by atomic mass is 9.98. The molecule has 1 aliphatic heterocycles. The number of nitrogens with zero attached hydrogens (tertiary/aromatic N) is 2. The molecule has 1 amide bonds. The number of benzene rings is 1. The van der Waals surface area contributed by atoms with E-state index in [1.54, 1.807) is 12.5 Å². The van der Waals surface area contributed by atoms with Crippen molar-refractivity contribution in [2.45, 2.75) is 18.9 Å². The maximum Gasteiger partial charge on any atom is 0.273 e. The lowest BCUT2D eigenvalue weighted by Crippen LogP contribution is -2.28. The average molecular weight is 354 g/mol. The van der Waals surface area contributed by atoms with Crippen LogP contribution in [0.15, 0.2) is 29.6 Å². The summed E-state index contributed by atoms with van der Waals surface area (Å²) in [7, 11) is 1.66. The van der Waals surface area contributed by atoms with Crippen LogP contribution >= 0.6 is 23.7 Å². The molecule has 1 fully saturated rings. The Morgan fingerprint density at radius 2 is 2.17 bits per heavy atom. The molecule has 1 aromatic carbocycles. The summed E-state index contributed by atoms with van der Waals surface area (Å²) >= 11 is 1.44. The molecule has 2 N–H and O–H groups in total. The summed E-state index contributed by atoms with van der Waals surface area (Å²) in [5.41, 5.74) is 7.31. The second kappa shape index (κ2) is 7.77. The van der Waals surface area contributed by atoms with Crippen LogP contribution < -0.4 is 10.5 Å². The van der Waals surface area contributed by atoms with Crippen molar-refractivity contribution >= 4 is 29.7 Å². The first kappa shape index (κ1) is 17.7. The lowest BCUT2D eigenvalue weighted by Gasteiger charge is -2.15. The van der Waals surface area contributed by atoms with Gasteiger partial charge in [-0.2, -0.15) is 0 Å². The minimum absolute atomic E-state index is 0. The second-order valence-electron chi connectivity index (χ2n) is 5.34. The lowest BCUT2D eigenvalue weighted by molar-refractivity contribution is 0.0785. The van der Waals surface area contributed by atoms with Crippen LogP contribution in [0.4, 0.5) is 0 Å². The molecule has 0 bridgehead atoms. The molecule has 1 saturated heterocycles. The first-order valence-electron chi connectivity index (χ1n) is 7.29. The van der Waals surface area contributed by atoms with Gasteiger partial charge in [-0.1, -0.05) is 12.1 Å². The number of hydrogen-bond donors (Lipinski definition) is 1. The van der Waals surface area contributed by atoms with Crippen molar-refractivity contribution < 1.29 is 9.53 Å². The minimum atomic E-state index is 0. The zero-order valence-electron chi connectivity index (χ0n) is 12.9. The predicted octanol–water partition coefficient (Wildman–Crippen LogP) is 2.66. The van der Waals surface area contributed by atoms with Gasteiger partial charge in [0.2, 0.25) is 0 Å². The maximum atomic E-state index is 12.5. The standard InChI is InChI=1S/C16H19N3O2S.ClH/c1-21-13-4-2-11(3-5-13)12-6-7-19(9-12)16(20)14-10-22-15(8-17)18-14;/h2-5,10,12H,6-9,17H2,1H3;1H. The summed E-state index contributed by atoms with van der Waals surface area (Å²) in [6.07, 6.45) is 0.978. The second-order valence-corrected chi connectivity index (χ2v) is 6.28. The summed E-state index contributed by atoms with van der Waals surface area (Å²) in [5, 5.41) is 2.60. The molecule has 1 aromatic heterocycles. The van der Waals surface area contributed by atoms with E-state index in [0.29, 0.717) is 18.2 Å². The maximum absolute atomic E-state index is 12.5. The minimum Gasteiger partial charge on any atom is -0.497 e. The van der Waals surface area contributed by atoms with Gasteiger partial charge in [0.25, 0.3) is 5.91 Å². The fourth-order valence-electron chi connectivity index (χ4n) is 2.76. The molecular formula is C16H20ClN3O2S. The molecule has 0 saturated carbocycles. The summed E-state index contributed by atoms with van der Waals surface area (Å²) in [6, 6.07) is 8.08. The molecule has 2 heterocycles. The molecule has 0 aliphatic carbocycles. The highest BCUT2D eigenvalue weighted by Crippen LogP contribution is 2.29. The van der Waals surface area contributed by atoms with E-state index in [1.165, 1.54) is 16.9 Å². The van der Waals surface area contributed by atoms with Crippen molar-refractivity contribution in [3.05, 3.63) is 45.9 Å². The summed E-state index contributed by atoms with van der Waals surface area (Å²) in [5.74, 6) is 1.24. The van der Waals surface area contributed by atoms with Gasteiger partial charge in [0.05, 0.1) is 7.11 Å². The van der Waals surface area contributed by atoms with Crippen molar-refractivity contribution in [1.82, 2.24) is 9.88 Å². The number of hydrogen-bond acceptors (Lipinski definition) is 5.